The highest BCUT2D eigenvalue weighted by Crippen LogP contribution is 2.28. The van der Waals surface area contributed by atoms with Gasteiger partial charge < -0.3 is 0 Å². The molecule has 4 aromatic rings. The number of nitro groups is 1. The van der Waals surface area contributed by atoms with Crippen LogP contribution in [-0.2, 0) is 0 Å². The van der Waals surface area contributed by atoms with E-state index < -0.39 is 4.92 Å². The first-order chi connectivity index (χ1) is 14.2. The molecule has 0 spiro atoms. The molecule has 8 nitrogen and oxygen atoms in total. The van der Waals surface area contributed by atoms with Crippen molar-refractivity contribution >= 4 is 43.9 Å². The van der Waals surface area contributed by atoms with Gasteiger partial charge >= 0.3 is 0 Å². The summed E-state index contributed by atoms with van der Waals surface area (Å²) in [7, 11) is 0. The van der Waals surface area contributed by atoms with Gasteiger partial charge in [0.2, 0.25) is 11.0 Å². The van der Waals surface area contributed by atoms with E-state index in [0.29, 0.717) is 16.7 Å². The second-order valence-electron chi connectivity index (χ2n) is 5.88. The molecule has 1 aromatic heterocycles. The first kappa shape index (κ1) is 18.4. The molecular weight excluding hydrogens is 388 g/mol. The first-order valence-corrected chi connectivity index (χ1v) is 9.41. The number of fused-ring (bicyclic) bond motifs is 1. The maximum atomic E-state index is 10.8. The van der Waals surface area contributed by atoms with Crippen molar-refractivity contribution in [1.82, 2.24) is 4.98 Å². The number of amidine groups is 1. The van der Waals surface area contributed by atoms with Crippen molar-refractivity contribution in [1.29, 1.82) is 0 Å². The standard InChI is InChI=1S/C20H14N6O2S/c27-26(28)16-12-10-15(11-13-16)22-23-19(14-6-2-1-3-7-14)24-25-20-21-17-8-4-5-9-18(17)29-20/h1-13,22H/b23-19-,25-24?. The highest BCUT2D eigenvalue weighted by atomic mass is 32.1. The number of nitrogens with zero attached hydrogens (tertiary/aromatic N) is 5. The maximum absolute atomic E-state index is 10.8. The number of para-hydroxylation sites is 1. The van der Waals surface area contributed by atoms with Crippen LogP contribution in [0.3, 0.4) is 0 Å². The number of benzene rings is 3. The number of non-ortho nitro benzene ring substituents is 1. The molecule has 0 atom stereocenters. The Labute approximate surface area is 169 Å². The molecule has 1 N–H and O–H groups in total. The lowest BCUT2D eigenvalue weighted by Gasteiger charge is -2.03. The molecule has 0 aliphatic heterocycles. The van der Waals surface area contributed by atoms with E-state index in [1.54, 1.807) is 12.1 Å². The van der Waals surface area contributed by atoms with Crippen molar-refractivity contribution in [2.24, 2.45) is 15.3 Å². The lowest BCUT2D eigenvalue weighted by molar-refractivity contribution is -0.384. The van der Waals surface area contributed by atoms with Gasteiger partial charge in [0.15, 0.2) is 0 Å². The summed E-state index contributed by atoms with van der Waals surface area (Å²) in [5.41, 5.74) is 5.11. The molecule has 29 heavy (non-hydrogen) atoms. The zero-order chi connectivity index (χ0) is 20.1. The molecule has 0 saturated carbocycles. The van der Waals surface area contributed by atoms with E-state index >= 15 is 0 Å². The third-order valence-electron chi connectivity index (χ3n) is 3.91. The summed E-state index contributed by atoms with van der Waals surface area (Å²) in [6.45, 7) is 0. The average molecular weight is 402 g/mol. The van der Waals surface area contributed by atoms with Crippen LogP contribution in [0.4, 0.5) is 16.5 Å². The fourth-order valence-corrected chi connectivity index (χ4v) is 3.29. The fourth-order valence-electron chi connectivity index (χ4n) is 2.50. The summed E-state index contributed by atoms with van der Waals surface area (Å²) in [6.07, 6.45) is 0. The van der Waals surface area contributed by atoms with E-state index in [2.05, 4.69) is 25.7 Å². The van der Waals surface area contributed by atoms with Crippen LogP contribution in [0.15, 0.2) is 94.2 Å². The normalized spacial score (nSPS) is 11.8. The van der Waals surface area contributed by atoms with Crippen LogP contribution in [0.25, 0.3) is 10.2 Å². The number of azo groups is 1. The molecule has 0 radical (unpaired) electrons. The van der Waals surface area contributed by atoms with Crippen molar-refractivity contribution in [3.63, 3.8) is 0 Å². The van der Waals surface area contributed by atoms with Crippen LogP contribution in [0.5, 0.6) is 0 Å². The highest BCUT2D eigenvalue weighted by Gasteiger charge is 2.06. The number of nitrogens with one attached hydrogen (secondary N) is 1. The topological polar surface area (TPSA) is 105 Å². The largest absolute Gasteiger partial charge is 0.276 e. The molecule has 9 heteroatoms. The van der Waals surface area contributed by atoms with Gasteiger partial charge in [0, 0.05) is 17.7 Å². The predicted octanol–water partition coefficient (Wildman–Crippen LogP) is 5.76. The predicted molar refractivity (Wildman–Crippen MR) is 114 cm³/mol. The molecule has 0 aliphatic carbocycles. The molecule has 0 fully saturated rings. The Balaban J connectivity index is 1.60. The summed E-state index contributed by atoms with van der Waals surface area (Å²) < 4.78 is 1.03. The van der Waals surface area contributed by atoms with Crippen LogP contribution in [-0.4, -0.2) is 15.7 Å². The Hall–Kier alpha value is -3.98. The van der Waals surface area contributed by atoms with E-state index in [9.17, 15) is 10.1 Å². The Morgan fingerprint density at radius 1 is 0.966 bits per heavy atom. The van der Waals surface area contributed by atoms with E-state index in [1.807, 2.05) is 54.6 Å². The zero-order valence-electron chi connectivity index (χ0n) is 15.0. The van der Waals surface area contributed by atoms with Crippen molar-refractivity contribution in [2.75, 3.05) is 5.43 Å². The maximum Gasteiger partial charge on any atom is 0.269 e. The number of rotatable bonds is 5. The number of hydrazone groups is 1. The number of hydrogen-bond acceptors (Lipinski definition) is 7. The minimum atomic E-state index is -0.450. The number of thiazole rings is 1. The molecule has 1 heterocycles. The van der Waals surface area contributed by atoms with Gasteiger partial charge in [-0.1, -0.05) is 53.8 Å². The van der Waals surface area contributed by atoms with Gasteiger partial charge in [-0.2, -0.15) is 5.10 Å². The van der Waals surface area contributed by atoms with Gasteiger partial charge in [0.05, 0.1) is 20.8 Å². The van der Waals surface area contributed by atoms with E-state index in [-0.39, 0.29) is 5.69 Å². The number of anilines is 1. The minimum Gasteiger partial charge on any atom is -0.276 e. The fraction of sp³-hybridized carbons (Fsp3) is 0. The van der Waals surface area contributed by atoms with E-state index in [1.165, 1.54) is 23.5 Å². The minimum absolute atomic E-state index is 0.0123. The molecule has 0 saturated heterocycles. The molecule has 0 amide bonds. The molecule has 142 valence electrons. The number of hydrogen-bond donors (Lipinski definition) is 1. The third kappa shape index (κ3) is 4.47. The summed E-state index contributed by atoms with van der Waals surface area (Å²) in [4.78, 5) is 14.8. The first-order valence-electron chi connectivity index (χ1n) is 8.60. The van der Waals surface area contributed by atoms with E-state index in [0.717, 1.165) is 15.8 Å². The Bertz CT molecular complexity index is 1170. The Morgan fingerprint density at radius 3 is 2.41 bits per heavy atom. The quantitative estimate of drug-likeness (QED) is 0.150. The second kappa shape index (κ2) is 8.36. The van der Waals surface area contributed by atoms with Crippen molar-refractivity contribution in [2.45, 2.75) is 0 Å². The van der Waals surface area contributed by atoms with Gasteiger partial charge in [-0.05, 0) is 24.3 Å². The molecule has 0 bridgehead atoms. The van der Waals surface area contributed by atoms with Crippen LogP contribution < -0.4 is 5.43 Å². The third-order valence-corrected chi connectivity index (χ3v) is 4.83. The van der Waals surface area contributed by atoms with Crippen LogP contribution in [0.2, 0.25) is 0 Å². The summed E-state index contributed by atoms with van der Waals surface area (Å²) in [5.74, 6) is 0.364. The molecule has 0 aliphatic rings. The van der Waals surface area contributed by atoms with Crippen molar-refractivity contribution in [3.8, 4) is 0 Å². The molecule has 3 aromatic carbocycles. The zero-order valence-corrected chi connectivity index (χ0v) is 15.8. The van der Waals surface area contributed by atoms with Gasteiger partial charge in [0.25, 0.3) is 5.69 Å². The summed E-state index contributed by atoms with van der Waals surface area (Å²) >= 11 is 1.44. The lowest BCUT2D eigenvalue weighted by Crippen LogP contribution is -2.01. The smallest absolute Gasteiger partial charge is 0.269 e. The van der Waals surface area contributed by atoms with Crippen molar-refractivity contribution < 1.29 is 4.92 Å². The molecule has 4 rings (SSSR count). The van der Waals surface area contributed by atoms with Crippen molar-refractivity contribution in [3.05, 3.63) is 94.5 Å². The van der Waals surface area contributed by atoms with Crippen LogP contribution >= 0.6 is 11.3 Å². The van der Waals surface area contributed by atoms with Gasteiger partial charge in [-0.3, -0.25) is 15.5 Å². The molecular formula is C20H14N6O2S. The van der Waals surface area contributed by atoms with Crippen LogP contribution in [0, 0.1) is 10.1 Å². The SMILES string of the molecule is O=[N+]([O-])c1ccc(N/N=C(\N=Nc2nc3ccccc3s2)c2ccccc2)cc1. The highest BCUT2D eigenvalue weighted by molar-refractivity contribution is 7.21. The Kier molecular flexibility index (Phi) is 5.30. The lowest BCUT2D eigenvalue weighted by atomic mass is 10.2. The van der Waals surface area contributed by atoms with Gasteiger partial charge in [-0.25, -0.2) is 4.98 Å². The Morgan fingerprint density at radius 2 is 1.69 bits per heavy atom. The average Bonchev–Trinajstić information content (AvgIpc) is 3.17. The van der Waals surface area contributed by atoms with E-state index in [4.69, 9.17) is 0 Å². The second-order valence-corrected chi connectivity index (χ2v) is 6.89. The monoisotopic (exact) mass is 402 g/mol. The number of nitro benzene ring substituents is 1. The van der Waals surface area contributed by atoms with Crippen LogP contribution in [0.1, 0.15) is 5.56 Å². The number of aromatic nitrogens is 1. The van der Waals surface area contributed by atoms with Gasteiger partial charge in [-0.15, -0.1) is 10.2 Å². The molecule has 0 unspecified atom stereocenters. The summed E-state index contributed by atoms with van der Waals surface area (Å²) in [6, 6.07) is 23.1. The van der Waals surface area contributed by atoms with Gasteiger partial charge in [0.1, 0.15) is 0 Å². The summed E-state index contributed by atoms with van der Waals surface area (Å²) in [5, 5.41) is 24.1.